The van der Waals surface area contributed by atoms with Crippen LogP contribution in [-0.2, 0) is 9.53 Å². The summed E-state index contributed by atoms with van der Waals surface area (Å²) in [6, 6.07) is 0. The molecule has 0 radical (unpaired) electrons. The van der Waals surface area contributed by atoms with E-state index >= 15 is 0 Å². The fourth-order valence-electron chi connectivity index (χ4n) is 1.63. The summed E-state index contributed by atoms with van der Waals surface area (Å²) < 4.78 is 5.08. The Labute approximate surface area is 90.6 Å². The van der Waals surface area contributed by atoms with Gasteiger partial charge in [-0.15, -0.1) is 0 Å². The number of likely N-dealkylation sites (tertiary alicyclic amines) is 1. The zero-order valence-corrected chi connectivity index (χ0v) is 9.49. The second kappa shape index (κ2) is 5.14. The van der Waals surface area contributed by atoms with Crippen LogP contribution >= 0.6 is 0 Å². The van der Waals surface area contributed by atoms with E-state index in [1.54, 1.807) is 4.90 Å². The Balaban J connectivity index is 2.33. The lowest BCUT2D eigenvalue weighted by atomic mass is 9.92. The molecular weight excluding hydrogens is 194 g/mol. The van der Waals surface area contributed by atoms with Gasteiger partial charge in [0.2, 0.25) is 0 Å². The second-order valence-corrected chi connectivity index (χ2v) is 4.41. The molecule has 1 aliphatic rings. The third-order valence-corrected chi connectivity index (χ3v) is 2.77. The molecule has 1 unspecified atom stereocenters. The highest BCUT2D eigenvalue weighted by Gasteiger charge is 2.36. The SMILES string of the molecule is CCCCOC(=O)N1CCC(C)(C=O)C1. The Morgan fingerprint density at radius 3 is 2.87 bits per heavy atom. The number of ether oxygens (including phenoxy) is 1. The van der Waals surface area contributed by atoms with Gasteiger partial charge in [0.1, 0.15) is 6.29 Å². The maximum absolute atomic E-state index is 11.5. The van der Waals surface area contributed by atoms with Gasteiger partial charge in [-0.3, -0.25) is 0 Å². The van der Waals surface area contributed by atoms with Gasteiger partial charge in [0, 0.05) is 18.5 Å². The standard InChI is InChI=1S/C11H19NO3/c1-3-4-7-15-10(14)12-6-5-11(2,8-12)9-13/h9H,3-8H2,1-2H3. The Hall–Kier alpha value is -1.06. The molecule has 1 rings (SSSR count). The van der Waals surface area contributed by atoms with Gasteiger partial charge < -0.3 is 14.4 Å². The highest BCUT2D eigenvalue weighted by Crippen LogP contribution is 2.27. The van der Waals surface area contributed by atoms with Gasteiger partial charge in [0.25, 0.3) is 0 Å². The number of carbonyl (C=O) groups excluding carboxylic acids is 2. The zero-order chi connectivity index (χ0) is 11.3. The summed E-state index contributed by atoms with van der Waals surface area (Å²) in [5, 5.41) is 0. The quantitative estimate of drug-likeness (QED) is 0.528. The van der Waals surface area contributed by atoms with E-state index in [4.69, 9.17) is 4.74 Å². The van der Waals surface area contributed by atoms with Crippen LogP contribution in [0, 0.1) is 5.41 Å². The highest BCUT2D eigenvalue weighted by atomic mass is 16.6. The predicted octanol–water partition coefficient (Wildman–Crippen LogP) is 1.83. The van der Waals surface area contributed by atoms with Crippen LogP contribution in [0.1, 0.15) is 33.1 Å². The van der Waals surface area contributed by atoms with Crippen LogP contribution in [0.2, 0.25) is 0 Å². The molecule has 0 spiro atoms. The van der Waals surface area contributed by atoms with Gasteiger partial charge >= 0.3 is 6.09 Å². The largest absolute Gasteiger partial charge is 0.449 e. The molecule has 0 bridgehead atoms. The summed E-state index contributed by atoms with van der Waals surface area (Å²) in [4.78, 5) is 23.9. The zero-order valence-electron chi connectivity index (χ0n) is 9.49. The topological polar surface area (TPSA) is 46.6 Å². The number of nitrogens with zero attached hydrogens (tertiary/aromatic N) is 1. The maximum Gasteiger partial charge on any atom is 0.409 e. The summed E-state index contributed by atoms with van der Waals surface area (Å²) in [7, 11) is 0. The van der Waals surface area contributed by atoms with Crippen LogP contribution in [0.3, 0.4) is 0 Å². The predicted molar refractivity (Wildman–Crippen MR) is 56.6 cm³/mol. The number of carbonyl (C=O) groups is 2. The number of unbranched alkanes of at least 4 members (excludes halogenated alkanes) is 1. The Kier molecular flexibility index (Phi) is 4.12. The number of hydrogen-bond donors (Lipinski definition) is 0. The van der Waals surface area contributed by atoms with Gasteiger partial charge in [-0.05, 0) is 12.8 Å². The molecule has 4 nitrogen and oxygen atoms in total. The lowest BCUT2D eigenvalue weighted by Crippen LogP contribution is -2.32. The lowest BCUT2D eigenvalue weighted by Gasteiger charge is -2.18. The van der Waals surface area contributed by atoms with E-state index in [9.17, 15) is 9.59 Å². The molecule has 1 heterocycles. The smallest absolute Gasteiger partial charge is 0.409 e. The lowest BCUT2D eigenvalue weighted by molar-refractivity contribution is -0.114. The van der Waals surface area contributed by atoms with E-state index in [0.717, 1.165) is 25.5 Å². The van der Waals surface area contributed by atoms with Crippen LogP contribution in [0.25, 0.3) is 0 Å². The Morgan fingerprint density at radius 1 is 1.60 bits per heavy atom. The van der Waals surface area contributed by atoms with E-state index in [1.807, 2.05) is 13.8 Å². The van der Waals surface area contributed by atoms with Crippen molar-refractivity contribution in [2.75, 3.05) is 19.7 Å². The second-order valence-electron chi connectivity index (χ2n) is 4.41. The Bertz CT molecular complexity index is 242. The van der Waals surface area contributed by atoms with E-state index < -0.39 is 0 Å². The summed E-state index contributed by atoms with van der Waals surface area (Å²) in [5.41, 5.74) is -0.371. The van der Waals surface area contributed by atoms with Crippen molar-refractivity contribution >= 4 is 12.4 Å². The van der Waals surface area contributed by atoms with E-state index in [0.29, 0.717) is 19.7 Å². The monoisotopic (exact) mass is 213 g/mol. The summed E-state index contributed by atoms with van der Waals surface area (Å²) >= 11 is 0. The molecule has 1 atom stereocenters. The molecule has 0 N–H and O–H groups in total. The van der Waals surface area contributed by atoms with E-state index in [1.165, 1.54) is 0 Å². The molecule has 1 saturated heterocycles. The molecule has 1 aliphatic heterocycles. The van der Waals surface area contributed by atoms with Crippen LogP contribution in [0.15, 0.2) is 0 Å². The summed E-state index contributed by atoms with van der Waals surface area (Å²) in [6.07, 6.45) is 3.30. The van der Waals surface area contributed by atoms with Crippen LogP contribution in [-0.4, -0.2) is 37.0 Å². The molecule has 1 amide bonds. The average molecular weight is 213 g/mol. The minimum Gasteiger partial charge on any atom is -0.449 e. The van der Waals surface area contributed by atoms with Crippen molar-refractivity contribution in [2.45, 2.75) is 33.1 Å². The molecule has 4 heteroatoms. The first-order valence-electron chi connectivity index (χ1n) is 5.49. The summed E-state index contributed by atoms with van der Waals surface area (Å²) in [6.45, 7) is 5.51. The van der Waals surface area contributed by atoms with Crippen molar-refractivity contribution in [1.82, 2.24) is 4.90 Å². The minimum absolute atomic E-state index is 0.283. The van der Waals surface area contributed by atoms with Gasteiger partial charge in [0.15, 0.2) is 0 Å². The third kappa shape index (κ3) is 3.22. The van der Waals surface area contributed by atoms with Crippen molar-refractivity contribution in [1.29, 1.82) is 0 Å². The fourth-order valence-corrected chi connectivity index (χ4v) is 1.63. The van der Waals surface area contributed by atoms with Gasteiger partial charge in [-0.2, -0.15) is 0 Å². The molecule has 15 heavy (non-hydrogen) atoms. The first-order chi connectivity index (χ1) is 7.11. The average Bonchev–Trinajstić information content (AvgIpc) is 2.62. The number of amides is 1. The minimum atomic E-state index is -0.371. The van der Waals surface area contributed by atoms with E-state index in [2.05, 4.69) is 0 Å². The first-order valence-corrected chi connectivity index (χ1v) is 5.49. The van der Waals surface area contributed by atoms with Crippen molar-refractivity contribution in [3.05, 3.63) is 0 Å². The van der Waals surface area contributed by atoms with Gasteiger partial charge in [-0.1, -0.05) is 20.3 Å². The molecule has 0 aromatic carbocycles. The number of rotatable bonds is 4. The van der Waals surface area contributed by atoms with Crippen molar-refractivity contribution < 1.29 is 14.3 Å². The van der Waals surface area contributed by atoms with Gasteiger partial charge in [0.05, 0.1) is 6.61 Å². The number of aldehydes is 1. The van der Waals surface area contributed by atoms with Gasteiger partial charge in [-0.25, -0.2) is 4.79 Å². The molecule has 0 aromatic rings. The first kappa shape index (κ1) is 12.0. The maximum atomic E-state index is 11.5. The molecule has 1 fully saturated rings. The highest BCUT2D eigenvalue weighted by molar-refractivity contribution is 5.70. The third-order valence-electron chi connectivity index (χ3n) is 2.77. The summed E-state index contributed by atoms with van der Waals surface area (Å²) in [5.74, 6) is 0. The van der Waals surface area contributed by atoms with Crippen molar-refractivity contribution in [2.24, 2.45) is 5.41 Å². The van der Waals surface area contributed by atoms with Crippen molar-refractivity contribution in [3.63, 3.8) is 0 Å². The molecule has 0 saturated carbocycles. The molecule has 0 aromatic heterocycles. The van der Waals surface area contributed by atoms with E-state index in [-0.39, 0.29) is 11.5 Å². The molecule has 86 valence electrons. The normalized spacial score (nSPS) is 25.3. The molecular formula is C11H19NO3. The van der Waals surface area contributed by atoms with Crippen molar-refractivity contribution in [3.8, 4) is 0 Å². The van der Waals surface area contributed by atoms with Crippen LogP contribution in [0.5, 0.6) is 0 Å². The van der Waals surface area contributed by atoms with Crippen LogP contribution < -0.4 is 0 Å². The van der Waals surface area contributed by atoms with Crippen LogP contribution in [0.4, 0.5) is 4.79 Å². The number of hydrogen-bond acceptors (Lipinski definition) is 3. The fraction of sp³-hybridized carbons (Fsp3) is 0.818. The Morgan fingerprint density at radius 2 is 2.33 bits per heavy atom. The molecule has 0 aliphatic carbocycles.